The molecule has 2 saturated heterocycles. The van der Waals surface area contributed by atoms with Crippen molar-refractivity contribution in [1.29, 1.82) is 0 Å². The monoisotopic (exact) mass is 262 g/mol. The SMILES string of the molecule is C[C@@H]1C[C@]2(CN3CC4(CCC4)C3)C[C@@H]2N1C(C)(C)C. The molecule has 19 heavy (non-hydrogen) atoms. The van der Waals surface area contributed by atoms with Crippen molar-refractivity contribution < 1.29 is 0 Å². The van der Waals surface area contributed by atoms with Gasteiger partial charge in [0.15, 0.2) is 0 Å². The van der Waals surface area contributed by atoms with Gasteiger partial charge in [-0.15, -0.1) is 0 Å². The molecule has 2 heterocycles. The van der Waals surface area contributed by atoms with Gasteiger partial charge in [-0.1, -0.05) is 6.42 Å². The summed E-state index contributed by atoms with van der Waals surface area (Å²) in [6.07, 6.45) is 7.45. The second-order valence-corrected chi connectivity index (χ2v) is 9.21. The Labute approximate surface area is 118 Å². The van der Waals surface area contributed by atoms with Gasteiger partial charge in [-0.3, -0.25) is 4.90 Å². The van der Waals surface area contributed by atoms with Gasteiger partial charge in [-0.2, -0.15) is 0 Å². The molecule has 2 aliphatic heterocycles. The van der Waals surface area contributed by atoms with E-state index in [4.69, 9.17) is 0 Å². The molecule has 4 aliphatic rings. The molecule has 3 atom stereocenters. The maximum atomic E-state index is 2.81. The summed E-state index contributed by atoms with van der Waals surface area (Å²) in [5.41, 5.74) is 1.83. The fourth-order valence-electron chi connectivity index (χ4n) is 5.75. The van der Waals surface area contributed by atoms with Crippen molar-refractivity contribution >= 4 is 0 Å². The van der Waals surface area contributed by atoms with Gasteiger partial charge in [0.05, 0.1) is 0 Å². The first-order valence-corrected chi connectivity index (χ1v) is 8.35. The topological polar surface area (TPSA) is 6.48 Å². The first-order chi connectivity index (χ1) is 8.84. The van der Waals surface area contributed by atoms with Crippen LogP contribution in [0.15, 0.2) is 0 Å². The lowest BCUT2D eigenvalue weighted by atomic mass is 9.63. The van der Waals surface area contributed by atoms with Crippen molar-refractivity contribution in [3.05, 3.63) is 0 Å². The lowest BCUT2D eigenvalue weighted by Gasteiger charge is -2.57. The second kappa shape index (κ2) is 3.57. The van der Waals surface area contributed by atoms with Crippen molar-refractivity contribution in [2.45, 2.75) is 77.4 Å². The molecule has 2 aliphatic carbocycles. The van der Waals surface area contributed by atoms with Crippen LogP contribution in [0.5, 0.6) is 0 Å². The molecule has 0 aromatic rings. The minimum absolute atomic E-state index is 0.354. The van der Waals surface area contributed by atoms with Crippen LogP contribution in [-0.4, -0.2) is 47.1 Å². The zero-order chi connectivity index (χ0) is 13.5. The van der Waals surface area contributed by atoms with Crippen LogP contribution in [0.2, 0.25) is 0 Å². The Kier molecular flexibility index (Phi) is 2.37. The quantitative estimate of drug-likeness (QED) is 0.754. The molecule has 0 N–H and O–H groups in total. The average molecular weight is 262 g/mol. The fourth-order valence-corrected chi connectivity index (χ4v) is 5.75. The van der Waals surface area contributed by atoms with Gasteiger partial charge in [-0.05, 0) is 58.8 Å². The highest BCUT2D eigenvalue weighted by molar-refractivity contribution is 5.20. The van der Waals surface area contributed by atoms with Crippen LogP contribution in [-0.2, 0) is 0 Å². The Morgan fingerprint density at radius 1 is 1.11 bits per heavy atom. The zero-order valence-electron chi connectivity index (χ0n) is 13.2. The molecule has 0 bridgehead atoms. The normalized spacial score (nSPS) is 44.8. The van der Waals surface area contributed by atoms with Gasteiger partial charge in [0.1, 0.15) is 0 Å². The van der Waals surface area contributed by atoms with Crippen LogP contribution >= 0.6 is 0 Å². The number of rotatable bonds is 2. The molecule has 4 fully saturated rings. The van der Waals surface area contributed by atoms with Crippen LogP contribution in [0.1, 0.15) is 59.8 Å². The van der Waals surface area contributed by atoms with Crippen molar-refractivity contribution in [2.75, 3.05) is 19.6 Å². The van der Waals surface area contributed by atoms with Crippen LogP contribution in [0.25, 0.3) is 0 Å². The molecule has 108 valence electrons. The lowest BCUT2D eigenvalue weighted by Crippen LogP contribution is -2.60. The predicted molar refractivity (Wildman–Crippen MR) is 79.2 cm³/mol. The number of fused-ring (bicyclic) bond motifs is 1. The maximum absolute atomic E-state index is 2.81. The van der Waals surface area contributed by atoms with E-state index in [1.54, 1.807) is 0 Å². The Morgan fingerprint density at radius 2 is 1.79 bits per heavy atom. The fraction of sp³-hybridized carbons (Fsp3) is 1.00. The van der Waals surface area contributed by atoms with E-state index in [2.05, 4.69) is 37.5 Å². The summed E-state index contributed by atoms with van der Waals surface area (Å²) in [5.74, 6) is 0. The standard InChI is InChI=1S/C17H30N2/c1-13-8-17(9-14(17)19(13)15(2,3)4)12-18-10-16(11-18)6-5-7-16/h13-14H,5-12H2,1-4H3/t13-,14+,17-/m1/s1. The third-order valence-corrected chi connectivity index (χ3v) is 6.50. The third kappa shape index (κ3) is 1.75. The summed E-state index contributed by atoms with van der Waals surface area (Å²) in [6, 6.07) is 1.68. The van der Waals surface area contributed by atoms with Crippen molar-refractivity contribution in [1.82, 2.24) is 9.80 Å². The van der Waals surface area contributed by atoms with Gasteiger partial charge < -0.3 is 4.90 Å². The molecular formula is C17H30N2. The Hall–Kier alpha value is -0.0800. The summed E-state index contributed by atoms with van der Waals surface area (Å²) in [6.45, 7) is 13.9. The molecule has 0 aromatic heterocycles. The van der Waals surface area contributed by atoms with E-state index >= 15 is 0 Å². The summed E-state index contributed by atoms with van der Waals surface area (Å²) < 4.78 is 0. The van der Waals surface area contributed by atoms with E-state index in [1.165, 1.54) is 51.7 Å². The van der Waals surface area contributed by atoms with Crippen molar-refractivity contribution in [3.63, 3.8) is 0 Å². The highest BCUT2D eigenvalue weighted by atomic mass is 15.3. The van der Waals surface area contributed by atoms with Crippen LogP contribution in [0.3, 0.4) is 0 Å². The molecule has 0 radical (unpaired) electrons. The van der Waals surface area contributed by atoms with E-state index in [1.807, 2.05) is 0 Å². The van der Waals surface area contributed by atoms with E-state index in [0.29, 0.717) is 11.0 Å². The molecule has 1 spiro atoms. The second-order valence-electron chi connectivity index (χ2n) is 9.21. The minimum atomic E-state index is 0.354. The van der Waals surface area contributed by atoms with Crippen LogP contribution in [0, 0.1) is 10.8 Å². The molecule has 2 heteroatoms. The summed E-state index contributed by atoms with van der Waals surface area (Å²) in [7, 11) is 0. The van der Waals surface area contributed by atoms with Crippen LogP contribution < -0.4 is 0 Å². The van der Waals surface area contributed by atoms with E-state index < -0.39 is 0 Å². The number of piperidine rings is 1. The zero-order valence-corrected chi connectivity index (χ0v) is 13.2. The van der Waals surface area contributed by atoms with E-state index in [9.17, 15) is 0 Å². The van der Waals surface area contributed by atoms with E-state index in [0.717, 1.165) is 17.5 Å². The Balaban J connectivity index is 1.39. The average Bonchev–Trinajstić information content (AvgIpc) is 2.72. The van der Waals surface area contributed by atoms with Gasteiger partial charge in [0, 0.05) is 42.7 Å². The smallest absolute Gasteiger partial charge is 0.0179 e. The number of nitrogens with zero attached hydrogens (tertiary/aromatic N) is 2. The molecule has 2 nitrogen and oxygen atoms in total. The summed E-state index contributed by atoms with van der Waals surface area (Å²) >= 11 is 0. The van der Waals surface area contributed by atoms with Crippen molar-refractivity contribution in [2.24, 2.45) is 10.8 Å². The van der Waals surface area contributed by atoms with E-state index in [-0.39, 0.29) is 0 Å². The summed E-state index contributed by atoms with van der Waals surface area (Å²) in [5, 5.41) is 0. The summed E-state index contributed by atoms with van der Waals surface area (Å²) in [4.78, 5) is 5.59. The largest absolute Gasteiger partial charge is 0.302 e. The first kappa shape index (κ1) is 12.6. The predicted octanol–water partition coefficient (Wildman–Crippen LogP) is 3.12. The van der Waals surface area contributed by atoms with Crippen LogP contribution in [0.4, 0.5) is 0 Å². The Morgan fingerprint density at radius 3 is 2.26 bits per heavy atom. The third-order valence-electron chi connectivity index (χ3n) is 6.50. The molecule has 0 aromatic carbocycles. The highest BCUT2D eigenvalue weighted by Crippen LogP contribution is 2.62. The van der Waals surface area contributed by atoms with Gasteiger partial charge in [0.25, 0.3) is 0 Å². The highest BCUT2D eigenvalue weighted by Gasteiger charge is 2.66. The molecule has 4 rings (SSSR count). The number of hydrogen-bond acceptors (Lipinski definition) is 2. The number of hydrogen-bond donors (Lipinski definition) is 0. The van der Waals surface area contributed by atoms with Crippen molar-refractivity contribution in [3.8, 4) is 0 Å². The number of likely N-dealkylation sites (tertiary alicyclic amines) is 2. The van der Waals surface area contributed by atoms with Gasteiger partial charge in [0.2, 0.25) is 0 Å². The minimum Gasteiger partial charge on any atom is -0.302 e. The molecular weight excluding hydrogens is 232 g/mol. The van der Waals surface area contributed by atoms with Gasteiger partial charge >= 0.3 is 0 Å². The molecule has 0 amide bonds. The Bertz CT molecular complexity index is 385. The first-order valence-electron chi connectivity index (χ1n) is 8.35. The lowest BCUT2D eigenvalue weighted by molar-refractivity contribution is -0.0689. The molecule has 0 unspecified atom stereocenters. The van der Waals surface area contributed by atoms with Gasteiger partial charge in [-0.25, -0.2) is 0 Å². The molecule has 2 saturated carbocycles. The maximum Gasteiger partial charge on any atom is 0.0179 e.